The molecule has 0 saturated heterocycles. The summed E-state index contributed by atoms with van der Waals surface area (Å²) in [7, 11) is 0. The highest BCUT2D eigenvalue weighted by Crippen LogP contribution is 2.38. The molecule has 5 heteroatoms. The molecule has 1 saturated carbocycles. The van der Waals surface area contributed by atoms with Crippen LogP contribution in [0.3, 0.4) is 0 Å². The highest BCUT2D eigenvalue weighted by atomic mass is 79.9. The second-order valence-corrected chi connectivity index (χ2v) is 6.83. The Labute approximate surface area is 123 Å². The fourth-order valence-electron chi connectivity index (χ4n) is 3.33. The molecule has 0 aliphatic heterocycles. The van der Waals surface area contributed by atoms with Crippen LogP contribution < -0.4 is 5.32 Å². The molecule has 2 rings (SSSR count). The number of nitrogens with one attached hydrogen (secondary N) is 1. The molecule has 2 N–H and O–H groups in total. The summed E-state index contributed by atoms with van der Waals surface area (Å²) >= 11 is 3.42. The van der Waals surface area contributed by atoms with Gasteiger partial charge in [0.05, 0.1) is 17.3 Å². The minimum Gasteiger partial charge on any atom is -0.394 e. The fraction of sp³-hybridized carbons (Fsp3) is 0.786. The lowest BCUT2D eigenvalue weighted by Crippen LogP contribution is -2.54. The molecular weight excluding hydrogens is 306 g/mol. The summed E-state index contributed by atoms with van der Waals surface area (Å²) in [5.74, 6) is 0.530. The van der Waals surface area contributed by atoms with Crippen molar-refractivity contribution >= 4 is 15.9 Å². The number of aromatic nitrogens is 2. The normalized spacial score (nSPS) is 27.3. The van der Waals surface area contributed by atoms with Crippen LogP contribution in [0.5, 0.6) is 0 Å². The molecule has 2 unspecified atom stereocenters. The Kier molecular flexibility index (Phi) is 5.03. The Morgan fingerprint density at radius 2 is 2.42 bits per heavy atom. The predicted molar refractivity (Wildman–Crippen MR) is 80.0 cm³/mol. The third kappa shape index (κ3) is 3.58. The van der Waals surface area contributed by atoms with E-state index in [2.05, 4.69) is 40.2 Å². The molecule has 4 nitrogen and oxygen atoms in total. The first-order valence-corrected chi connectivity index (χ1v) is 7.91. The number of halogens is 1. The quantitative estimate of drug-likeness (QED) is 0.843. The molecule has 1 aromatic rings. The van der Waals surface area contributed by atoms with Crippen LogP contribution in [-0.4, -0.2) is 33.1 Å². The first-order chi connectivity index (χ1) is 9.05. The molecule has 1 heterocycles. The van der Waals surface area contributed by atoms with Gasteiger partial charge in [-0.1, -0.05) is 20.3 Å². The molecule has 0 amide bonds. The van der Waals surface area contributed by atoms with E-state index in [0.717, 1.165) is 23.9 Å². The van der Waals surface area contributed by atoms with Gasteiger partial charge in [0.25, 0.3) is 0 Å². The number of aliphatic hydroxyl groups is 1. The lowest BCUT2D eigenvalue weighted by molar-refractivity contribution is 0.108. The topological polar surface area (TPSA) is 50.1 Å². The average Bonchev–Trinajstić information content (AvgIpc) is 2.93. The number of nitrogens with zero attached hydrogens (tertiary/aromatic N) is 2. The van der Waals surface area contributed by atoms with Gasteiger partial charge in [0.15, 0.2) is 0 Å². The summed E-state index contributed by atoms with van der Waals surface area (Å²) in [5.41, 5.74) is -0.0848. The van der Waals surface area contributed by atoms with Crippen molar-refractivity contribution in [1.82, 2.24) is 15.1 Å². The lowest BCUT2D eigenvalue weighted by atomic mass is 9.84. The Bertz CT molecular complexity index is 407. The maximum atomic E-state index is 9.84. The van der Waals surface area contributed by atoms with E-state index >= 15 is 0 Å². The smallest absolute Gasteiger partial charge is 0.0632 e. The standard InChI is InChI=1S/C14H24BrN3O/c1-11(2)17-14(10-19)6-3-4-12(14)5-7-18-9-13(15)8-16-18/h8-9,11-12,17,19H,3-7,10H2,1-2H3. The number of aliphatic hydroxyl groups excluding tert-OH is 1. The van der Waals surface area contributed by atoms with Crippen LogP contribution in [0, 0.1) is 5.92 Å². The summed E-state index contributed by atoms with van der Waals surface area (Å²) in [6.07, 6.45) is 8.37. The van der Waals surface area contributed by atoms with Gasteiger partial charge in [0.1, 0.15) is 0 Å². The molecule has 1 aliphatic carbocycles. The van der Waals surface area contributed by atoms with Crippen LogP contribution in [0.4, 0.5) is 0 Å². The first kappa shape index (κ1) is 15.0. The summed E-state index contributed by atoms with van der Waals surface area (Å²) in [6.45, 7) is 5.45. The van der Waals surface area contributed by atoms with Gasteiger partial charge >= 0.3 is 0 Å². The van der Waals surface area contributed by atoms with E-state index in [4.69, 9.17) is 0 Å². The number of rotatable bonds is 6. The lowest BCUT2D eigenvalue weighted by Gasteiger charge is -2.37. The molecule has 19 heavy (non-hydrogen) atoms. The van der Waals surface area contributed by atoms with Gasteiger partial charge in [-0.2, -0.15) is 5.10 Å². The van der Waals surface area contributed by atoms with Gasteiger partial charge < -0.3 is 10.4 Å². The van der Waals surface area contributed by atoms with E-state index in [9.17, 15) is 5.11 Å². The molecule has 0 radical (unpaired) electrons. The predicted octanol–water partition coefficient (Wildman–Crippen LogP) is 2.56. The summed E-state index contributed by atoms with van der Waals surface area (Å²) in [6, 6.07) is 0.409. The largest absolute Gasteiger partial charge is 0.394 e. The average molecular weight is 330 g/mol. The van der Waals surface area contributed by atoms with Crippen molar-refractivity contribution in [1.29, 1.82) is 0 Å². The van der Waals surface area contributed by atoms with E-state index in [1.54, 1.807) is 0 Å². The van der Waals surface area contributed by atoms with E-state index in [1.165, 1.54) is 12.8 Å². The number of aryl methyl sites for hydroxylation is 1. The third-order valence-corrected chi connectivity index (χ3v) is 4.53. The maximum absolute atomic E-state index is 9.84. The van der Waals surface area contributed by atoms with Crippen molar-refractivity contribution in [2.24, 2.45) is 5.92 Å². The van der Waals surface area contributed by atoms with E-state index < -0.39 is 0 Å². The second kappa shape index (κ2) is 6.37. The van der Waals surface area contributed by atoms with Crippen LogP contribution in [0.1, 0.15) is 39.5 Å². The molecule has 108 valence electrons. The molecule has 1 fully saturated rings. The van der Waals surface area contributed by atoms with Crippen LogP contribution in [0.2, 0.25) is 0 Å². The molecule has 0 aromatic carbocycles. The third-order valence-electron chi connectivity index (χ3n) is 4.12. The zero-order valence-corrected chi connectivity index (χ0v) is 13.4. The van der Waals surface area contributed by atoms with Gasteiger partial charge in [-0.25, -0.2) is 0 Å². The molecule has 2 atom stereocenters. The van der Waals surface area contributed by atoms with Crippen molar-refractivity contribution in [3.8, 4) is 0 Å². The molecule has 0 spiro atoms. The van der Waals surface area contributed by atoms with Crippen molar-refractivity contribution < 1.29 is 5.11 Å². The van der Waals surface area contributed by atoms with Crippen LogP contribution in [-0.2, 0) is 6.54 Å². The zero-order chi connectivity index (χ0) is 13.9. The fourth-order valence-corrected chi connectivity index (χ4v) is 3.66. The maximum Gasteiger partial charge on any atom is 0.0632 e. The summed E-state index contributed by atoms with van der Waals surface area (Å²) < 4.78 is 2.99. The van der Waals surface area contributed by atoms with Gasteiger partial charge in [0, 0.05) is 24.3 Å². The molecule has 1 aliphatic rings. The van der Waals surface area contributed by atoms with Gasteiger partial charge in [-0.15, -0.1) is 0 Å². The van der Waals surface area contributed by atoms with Crippen LogP contribution >= 0.6 is 15.9 Å². The van der Waals surface area contributed by atoms with Gasteiger partial charge in [-0.05, 0) is 41.1 Å². The van der Waals surface area contributed by atoms with Crippen molar-refractivity contribution in [3.63, 3.8) is 0 Å². The van der Waals surface area contributed by atoms with E-state index in [0.29, 0.717) is 12.0 Å². The molecule has 0 bridgehead atoms. The van der Waals surface area contributed by atoms with Gasteiger partial charge in [-0.3, -0.25) is 4.68 Å². The molecule has 1 aromatic heterocycles. The summed E-state index contributed by atoms with van der Waals surface area (Å²) in [4.78, 5) is 0. The zero-order valence-electron chi connectivity index (χ0n) is 11.8. The summed E-state index contributed by atoms with van der Waals surface area (Å²) in [5, 5.41) is 17.8. The number of hydrogen-bond acceptors (Lipinski definition) is 3. The van der Waals surface area contributed by atoms with E-state index in [1.807, 2.05) is 17.1 Å². The van der Waals surface area contributed by atoms with Crippen molar-refractivity contribution in [3.05, 3.63) is 16.9 Å². The highest BCUT2D eigenvalue weighted by molar-refractivity contribution is 9.10. The minimum atomic E-state index is -0.0848. The monoisotopic (exact) mass is 329 g/mol. The Hall–Kier alpha value is -0.390. The second-order valence-electron chi connectivity index (χ2n) is 5.91. The Morgan fingerprint density at radius 1 is 1.63 bits per heavy atom. The SMILES string of the molecule is CC(C)NC1(CO)CCCC1CCn1cc(Br)cn1. The minimum absolute atomic E-state index is 0.0848. The Balaban J connectivity index is 1.97. The Morgan fingerprint density at radius 3 is 3.00 bits per heavy atom. The number of hydrogen-bond donors (Lipinski definition) is 2. The first-order valence-electron chi connectivity index (χ1n) is 7.12. The molecular formula is C14H24BrN3O. The van der Waals surface area contributed by atoms with Crippen molar-refractivity contribution in [2.45, 2.75) is 57.7 Å². The van der Waals surface area contributed by atoms with Crippen LogP contribution in [0.25, 0.3) is 0 Å². The highest BCUT2D eigenvalue weighted by Gasteiger charge is 2.42. The van der Waals surface area contributed by atoms with E-state index in [-0.39, 0.29) is 12.1 Å². The van der Waals surface area contributed by atoms with Crippen molar-refractivity contribution in [2.75, 3.05) is 6.61 Å². The van der Waals surface area contributed by atoms with Gasteiger partial charge in [0.2, 0.25) is 0 Å². The van der Waals surface area contributed by atoms with Crippen LogP contribution in [0.15, 0.2) is 16.9 Å².